The Morgan fingerprint density at radius 1 is 0.344 bits per heavy atom. The zero-order chi connectivity index (χ0) is 44.4. The molecule has 61 heavy (non-hydrogen) atoms. The highest BCUT2D eigenvalue weighted by molar-refractivity contribution is 5.91. The third kappa shape index (κ3) is 15.3. The second-order valence-corrected chi connectivity index (χ2v) is 12.9. The van der Waals surface area contributed by atoms with Crippen LogP contribution in [0.2, 0.25) is 0 Å². The van der Waals surface area contributed by atoms with Gasteiger partial charge >= 0.3 is 48.5 Å². The van der Waals surface area contributed by atoms with Gasteiger partial charge in [0.2, 0.25) is 0 Å². The highest BCUT2D eigenvalue weighted by Crippen LogP contribution is 2.23. The number of carbonyl (C=O) groups is 8. The molecule has 0 aromatic heterocycles. The van der Waals surface area contributed by atoms with Crippen LogP contribution >= 0.6 is 0 Å². The van der Waals surface area contributed by atoms with Gasteiger partial charge in [0.25, 0.3) is 0 Å². The molecule has 0 aliphatic carbocycles. The maximum absolute atomic E-state index is 12.6. The monoisotopic (exact) mass is 848 g/mol. The smallest absolute Gasteiger partial charge is 0.431 e. The molecule has 20 heteroatoms. The Morgan fingerprint density at radius 3 is 0.754 bits per heavy atom. The molecular weight excluding hydrogens is 812 g/mol. The van der Waals surface area contributed by atoms with Crippen molar-refractivity contribution in [2.45, 2.75) is 27.7 Å². The van der Waals surface area contributed by atoms with Gasteiger partial charge in [-0.2, -0.15) is 19.2 Å². The van der Waals surface area contributed by atoms with E-state index in [9.17, 15) is 38.4 Å². The molecule has 0 unspecified atom stereocenters. The van der Waals surface area contributed by atoms with E-state index < -0.39 is 80.3 Å². The molecule has 0 bridgehead atoms. The number of ether oxygens (including phenoxy) is 4. The van der Waals surface area contributed by atoms with E-state index in [-0.39, 0.29) is 22.3 Å². The summed E-state index contributed by atoms with van der Waals surface area (Å²) in [7, 11) is 0. The Bertz CT molecular complexity index is 1930. The second-order valence-electron chi connectivity index (χ2n) is 12.9. The van der Waals surface area contributed by atoms with Gasteiger partial charge in [-0.25, -0.2) is 58.3 Å². The van der Waals surface area contributed by atoms with Crippen LogP contribution in [0.15, 0.2) is 97.1 Å². The maximum Gasteiger partial charge on any atom is 0.549 e. The summed E-state index contributed by atoms with van der Waals surface area (Å²) < 4.78 is 20.1. The summed E-state index contributed by atoms with van der Waals surface area (Å²) in [6.45, 7) is 2.41. The Balaban J connectivity index is 1.49. The first-order valence-electron chi connectivity index (χ1n) is 17.6. The second kappa shape index (κ2) is 22.1. The minimum Gasteiger partial charge on any atom is -0.431 e. The molecule has 4 rings (SSSR count). The van der Waals surface area contributed by atoms with Crippen molar-refractivity contribution in [3.05, 3.63) is 142 Å². The van der Waals surface area contributed by atoms with E-state index in [0.29, 0.717) is 22.3 Å². The van der Waals surface area contributed by atoms with Gasteiger partial charge in [-0.05, 0) is 76.2 Å². The standard InChI is InChI=1S/C41H36O20/c1-25-9-5-13-29(17-25)33(42)54-58-37(46)50-21-41(22-51-38(47)59-55-34(43)30-14-6-10-26(2)18-30,23-52-39(48)60-56-35(44)31-15-7-11-27(3)19-31)24-53-40(49)61-57-36(45)32-16-8-12-28(4)20-32/h5-20H,21-24H2,1-4H3. The van der Waals surface area contributed by atoms with Crippen LogP contribution in [0.4, 0.5) is 19.2 Å². The van der Waals surface area contributed by atoms with Gasteiger partial charge in [0.15, 0.2) is 0 Å². The molecule has 0 aliphatic rings. The first-order valence-corrected chi connectivity index (χ1v) is 17.6. The quantitative estimate of drug-likeness (QED) is 0.0608. The van der Waals surface area contributed by atoms with Crippen LogP contribution in [-0.2, 0) is 58.0 Å². The number of aryl methyl sites for hydroxylation is 4. The summed E-state index contributed by atoms with van der Waals surface area (Å²) in [6, 6.07) is 24.1. The van der Waals surface area contributed by atoms with Crippen molar-refractivity contribution in [2.75, 3.05) is 26.4 Å². The molecule has 0 atom stereocenters. The number of hydrogen-bond acceptors (Lipinski definition) is 20. The first kappa shape index (κ1) is 45.5. The largest absolute Gasteiger partial charge is 0.549 e. The average Bonchev–Trinajstić information content (AvgIpc) is 3.25. The van der Waals surface area contributed by atoms with Gasteiger partial charge in [0, 0.05) is 0 Å². The van der Waals surface area contributed by atoms with Gasteiger partial charge in [0.1, 0.15) is 31.8 Å². The maximum atomic E-state index is 12.6. The Morgan fingerprint density at radius 2 is 0.557 bits per heavy atom. The van der Waals surface area contributed by atoms with Crippen molar-refractivity contribution < 1.29 is 96.4 Å². The Labute approximate surface area is 345 Å². The van der Waals surface area contributed by atoms with E-state index in [2.05, 4.69) is 39.1 Å². The molecule has 320 valence electrons. The van der Waals surface area contributed by atoms with Gasteiger partial charge in [-0.15, -0.1) is 0 Å². The summed E-state index contributed by atoms with van der Waals surface area (Å²) in [6.07, 6.45) is -6.76. The normalized spacial score (nSPS) is 10.4. The zero-order valence-corrected chi connectivity index (χ0v) is 32.7. The van der Waals surface area contributed by atoms with Crippen molar-refractivity contribution >= 4 is 48.5 Å². The van der Waals surface area contributed by atoms with Crippen molar-refractivity contribution in [3.8, 4) is 0 Å². The highest BCUT2D eigenvalue weighted by atomic mass is 17.3. The topological polar surface area (TPSA) is 247 Å². The van der Waals surface area contributed by atoms with E-state index in [1.54, 1.807) is 52.0 Å². The summed E-state index contributed by atoms with van der Waals surface area (Å²) in [5, 5.41) is 0. The number of carbonyl (C=O) groups excluding carboxylic acids is 8. The molecule has 0 radical (unpaired) electrons. The van der Waals surface area contributed by atoms with Gasteiger partial charge in [0.05, 0.1) is 22.3 Å². The summed E-state index contributed by atoms with van der Waals surface area (Å²) in [5.74, 6) is -4.40. The first-order chi connectivity index (χ1) is 29.1. The molecular formula is C41H36O20. The number of benzene rings is 4. The van der Waals surface area contributed by atoms with Gasteiger partial charge < -0.3 is 18.9 Å². The molecule has 0 amide bonds. The summed E-state index contributed by atoms with van der Waals surface area (Å²) in [4.78, 5) is 136. The molecule has 0 N–H and O–H groups in total. The minimum atomic E-state index is -2.22. The molecule has 4 aromatic carbocycles. The Hall–Kier alpha value is -8.16. The van der Waals surface area contributed by atoms with Crippen molar-refractivity contribution in [1.82, 2.24) is 0 Å². The lowest BCUT2D eigenvalue weighted by Gasteiger charge is -2.30. The predicted octanol–water partition coefficient (Wildman–Crippen LogP) is 6.91. The molecule has 0 aliphatic heterocycles. The van der Waals surface area contributed by atoms with Crippen molar-refractivity contribution in [3.63, 3.8) is 0 Å². The van der Waals surface area contributed by atoms with Crippen molar-refractivity contribution in [1.29, 1.82) is 0 Å². The lowest BCUT2D eigenvalue weighted by atomic mass is 9.92. The SMILES string of the molecule is Cc1cccc(C(=O)OOC(=O)OCC(COC(=O)OOC(=O)c2cccc(C)c2)(COC(=O)OOC(=O)c2cccc(C)c2)COC(=O)OOC(=O)c2cccc(C)c2)c1. The lowest BCUT2D eigenvalue weighted by Crippen LogP contribution is -2.44. The van der Waals surface area contributed by atoms with Crippen LogP contribution in [0.1, 0.15) is 63.7 Å². The van der Waals surface area contributed by atoms with Crippen LogP contribution in [0, 0.1) is 33.1 Å². The third-order valence-corrected chi connectivity index (χ3v) is 7.74. The number of rotatable bonds is 12. The average molecular weight is 849 g/mol. The minimum absolute atomic E-state index is 0.00202. The third-order valence-electron chi connectivity index (χ3n) is 7.74. The van der Waals surface area contributed by atoms with E-state index in [1.807, 2.05) is 0 Å². The highest BCUT2D eigenvalue weighted by Gasteiger charge is 2.40. The van der Waals surface area contributed by atoms with E-state index in [1.165, 1.54) is 72.8 Å². The lowest BCUT2D eigenvalue weighted by molar-refractivity contribution is -0.223. The molecule has 0 heterocycles. The Kier molecular flexibility index (Phi) is 16.5. The fraction of sp³-hybridized carbons (Fsp3) is 0.220. The van der Waals surface area contributed by atoms with Crippen LogP contribution in [0.3, 0.4) is 0 Å². The number of hydrogen-bond donors (Lipinski definition) is 0. The van der Waals surface area contributed by atoms with E-state index >= 15 is 0 Å². The predicted molar refractivity (Wildman–Crippen MR) is 199 cm³/mol. The van der Waals surface area contributed by atoms with Crippen LogP contribution < -0.4 is 0 Å². The zero-order valence-electron chi connectivity index (χ0n) is 32.7. The molecule has 0 fully saturated rings. The molecule has 0 saturated heterocycles. The van der Waals surface area contributed by atoms with E-state index in [0.717, 1.165) is 0 Å². The van der Waals surface area contributed by atoms with Gasteiger partial charge in [-0.1, -0.05) is 70.8 Å². The van der Waals surface area contributed by atoms with E-state index in [4.69, 9.17) is 18.9 Å². The summed E-state index contributed by atoms with van der Waals surface area (Å²) >= 11 is 0. The molecule has 20 nitrogen and oxygen atoms in total. The molecule has 4 aromatic rings. The van der Waals surface area contributed by atoms with Gasteiger partial charge in [-0.3, -0.25) is 0 Å². The van der Waals surface area contributed by atoms with Crippen molar-refractivity contribution in [2.24, 2.45) is 5.41 Å². The summed E-state index contributed by atoms with van der Waals surface area (Å²) in [5.41, 5.74) is 0.496. The van der Waals surface area contributed by atoms with Crippen LogP contribution in [-0.4, -0.2) is 74.9 Å². The molecule has 0 saturated carbocycles. The fourth-order valence-corrected chi connectivity index (χ4v) is 4.76. The molecule has 0 spiro atoms. The fourth-order valence-electron chi connectivity index (χ4n) is 4.76. The van der Waals surface area contributed by atoms with Crippen LogP contribution in [0.25, 0.3) is 0 Å². The van der Waals surface area contributed by atoms with Crippen LogP contribution in [0.5, 0.6) is 0 Å².